The van der Waals surface area contributed by atoms with Gasteiger partial charge in [-0.25, -0.2) is 0 Å². The maximum atomic E-state index is 6.41. The molecular weight excluding hydrogens is 184 g/mol. The van der Waals surface area contributed by atoms with Gasteiger partial charge < -0.3 is 4.74 Å². The summed E-state index contributed by atoms with van der Waals surface area (Å²) in [5.41, 5.74) is 0. The summed E-state index contributed by atoms with van der Waals surface area (Å²) in [7, 11) is 0. The van der Waals surface area contributed by atoms with E-state index in [-0.39, 0.29) is 0 Å². The zero-order valence-corrected chi connectivity index (χ0v) is 9.26. The fourth-order valence-corrected chi connectivity index (χ4v) is 2.97. The number of fused-ring (bicyclic) bond motifs is 2. The van der Waals surface area contributed by atoms with Crippen molar-refractivity contribution in [2.24, 2.45) is 11.8 Å². The predicted molar refractivity (Wildman–Crippen MR) is 55.1 cm³/mol. The van der Waals surface area contributed by atoms with E-state index in [9.17, 15) is 0 Å². The van der Waals surface area contributed by atoms with E-state index in [1.54, 1.807) is 0 Å². The van der Waals surface area contributed by atoms with Crippen LogP contribution in [0.25, 0.3) is 0 Å². The maximum Gasteiger partial charge on any atom is 0.0622 e. The highest BCUT2D eigenvalue weighted by Crippen LogP contribution is 2.40. The average molecular weight is 203 g/mol. The van der Waals surface area contributed by atoms with Crippen LogP contribution in [0.2, 0.25) is 0 Å². The second-order valence-corrected chi connectivity index (χ2v) is 5.31. The summed E-state index contributed by atoms with van der Waals surface area (Å²) < 4.78 is 5.90. The molecule has 2 saturated heterocycles. The van der Waals surface area contributed by atoms with Gasteiger partial charge in [0.15, 0.2) is 0 Å². The van der Waals surface area contributed by atoms with Crippen molar-refractivity contribution in [3.63, 3.8) is 0 Å². The van der Waals surface area contributed by atoms with Gasteiger partial charge in [-0.1, -0.05) is 13.8 Å². The van der Waals surface area contributed by atoms with Crippen LogP contribution in [-0.2, 0) is 4.74 Å². The molecule has 2 heteroatoms. The van der Waals surface area contributed by atoms with Crippen molar-refractivity contribution in [1.82, 2.24) is 0 Å². The van der Waals surface area contributed by atoms with E-state index in [4.69, 9.17) is 16.3 Å². The van der Waals surface area contributed by atoms with Crippen molar-refractivity contribution < 1.29 is 4.74 Å². The number of rotatable bonds is 2. The van der Waals surface area contributed by atoms with E-state index in [0.29, 0.717) is 29.4 Å². The molecule has 4 unspecified atom stereocenters. The number of hydrogen-bond acceptors (Lipinski definition) is 1. The second-order valence-electron chi connectivity index (χ2n) is 4.80. The molecule has 4 atom stereocenters. The second kappa shape index (κ2) is 3.78. The van der Waals surface area contributed by atoms with E-state index in [1.165, 1.54) is 25.7 Å². The normalized spacial score (nSPS) is 41.1. The summed E-state index contributed by atoms with van der Waals surface area (Å²) in [6.07, 6.45) is 6.06. The summed E-state index contributed by atoms with van der Waals surface area (Å²) in [6, 6.07) is 0. The highest BCUT2D eigenvalue weighted by molar-refractivity contribution is 6.21. The van der Waals surface area contributed by atoms with Crippen LogP contribution >= 0.6 is 11.6 Å². The molecule has 76 valence electrons. The van der Waals surface area contributed by atoms with E-state index >= 15 is 0 Å². The van der Waals surface area contributed by atoms with Crippen molar-refractivity contribution >= 4 is 11.6 Å². The van der Waals surface area contributed by atoms with E-state index in [1.807, 2.05) is 0 Å². The standard InChI is InChI=1S/C11H19ClO/c1-7(2)11(12)9-5-3-8-4-6-10(9)13-8/h7-11H,3-6H2,1-2H3. The minimum atomic E-state index is 0.309. The Morgan fingerprint density at radius 3 is 2.54 bits per heavy atom. The number of hydrogen-bond donors (Lipinski definition) is 0. The number of halogens is 1. The van der Waals surface area contributed by atoms with Gasteiger partial charge in [0.25, 0.3) is 0 Å². The average Bonchev–Trinajstić information content (AvgIpc) is 2.47. The minimum absolute atomic E-state index is 0.309. The Morgan fingerprint density at radius 2 is 1.85 bits per heavy atom. The summed E-state index contributed by atoms with van der Waals surface area (Å²) in [4.78, 5) is 0. The molecule has 0 radical (unpaired) electrons. The third-order valence-corrected chi connectivity index (χ3v) is 4.31. The molecule has 0 aliphatic carbocycles. The molecule has 0 aromatic heterocycles. The van der Waals surface area contributed by atoms with Crippen LogP contribution in [0.15, 0.2) is 0 Å². The zero-order valence-electron chi connectivity index (χ0n) is 8.50. The summed E-state index contributed by atoms with van der Waals surface area (Å²) in [5.74, 6) is 1.19. The summed E-state index contributed by atoms with van der Waals surface area (Å²) in [6.45, 7) is 4.41. The maximum absolute atomic E-state index is 6.41. The lowest BCUT2D eigenvalue weighted by Crippen LogP contribution is -2.35. The molecule has 2 bridgehead atoms. The smallest absolute Gasteiger partial charge is 0.0622 e. The quantitative estimate of drug-likeness (QED) is 0.625. The highest BCUT2D eigenvalue weighted by atomic mass is 35.5. The topological polar surface area (TPSA) is 9.23 Å². The van der Waals surface area contributed by atoms with Crippen molar-refractivity contribution in [1.29, 1.82) is 0 Å². The molecule has 0 saturated carbocycles. The van der Waals surface area contributed by atoms with Gasteiger partial charge in [-0.15, -0.1) is 11.6 Å². The molecule has 0 aromatic rings. The molecule has 13 heavy (non-hydrogen) atoms. The zero-order chi connectivity index (χ0) is 9.42. The van der Waals surface area contributed by atoms with Crippen LogP contribution in [0, 0.1) is 11.8 Å². The Morgan fingerprint density at radius 1 is 1.15 bits per heavy atom. The van der Waals surface area contributed by atoms with E-state index in [2.05, 4.69) is 13.8 Å². The molecule has 0 N–H and O–H groups in total. The fraction of sp³-hybridized carbons (Fsp3) is 1.00. The van der Waals surface area contributed by atoms with Gasteiger partial charge in [-0.3, -0.25) is 0 Å². The van der Waals surface area contributed by atoms with E-state index in [0.717, 1.165) is 0 Å². The van der Waals surface area contributed by atoms with Gasteiger partial charge in [-0.2, -0.15) is 0 Å². The third kappa shape index (κ3) is 1.87. The minimum Gasteiger partial charge on any atom is -0.375 e. The lowest BCUT2D eigenvalue weighted by atomic mass is 9.87. The number of alkyl halides is 1. The molecule has 2 rings (SSSR count). The predicted octanol–water partition coefficient (Wildman–Crippen LogP) is 3.21. The monoisotopic (exact) mass is 202 g/mol. The Hall–Kier alpha value is 0.250. The van der Waals surface area contributed by atoms with Crippen LogP contribution in [0.5, 0.6) is 0 Å². The number of ether oxygens (including phenoxy) is 1. The lowest BCUT2D eigenvalue weighted by molar-refractivity contribution is -0.0359. The van der Waals surface area contributed by atoms with Crippen LogP contribution in [-0.4, -0.2) is 17.6 Å². The Kier molecular flexibility index (Phi) is 2.85. The van der Waals surface area contributed by atoms with Gasteiger partial charge in [-0.05, 0) is 31.6 Å². The Balaban J connectivity index is 1.99. The molecule has 2 aliphatic rings. The SMILES string of the molecule is CC(C)C(Cl)C1CCC2CCC1O2. The van der Waals surface area contributed by atoms with Gasteiger partial charge in [0, 0.05) is 11.3 Å². The molecule has 2 fully saturated rings. The third-order valence-electron chi connectivity index (χ3n) is 3.49. The van der Waals surface area contributed by atoms with Crippen molar-refractivity contribution in [3.8, 4) is 0 Å². The van der Waals surface area contributed by atoms with Gasteiger partial charge in [0.05, 0.1) is 12.2 Å². The fourth-order valence-electron chi connectivity index (χ4n) is 2.68. The van der Waals surface area contributed by atoms with Crippen molar-refractivity contribution in [2.45, 2.75) is 57.1 Å². The first-order chi connectivity index (χ1) is 6.18. The molecule has 0 aromatic carbocycles. The van der Waals surface area contributed by atoms with Gasteiger partial charge in [0.1, 0.15) is 0 Å². The van der Waals surface area contributed by atoms with Gasteiger partial charge in [0.2, 0.25) is 0 Å². The van der Waals surface area contributed by atoms with Gasteiger partial charge >= 0.3 is 0 Å². The summed E-state index contributed by atoms with van der Waals surface area (Å²) >= 11 is 6.41. The molecule has 0 amide bonds. The Labute approximate surface area is 85.8 Å². The van der Waals surface area contributed by atoms with Crippen LogP contribution in [0.3, 0.4) is 0 Å². The van der Waals surface area contributed by atoms with Crippen molar-refractivity contribution in [2.75, 3.05) is 0 Å². The lowest BCUT2D eigenvalue weighted by Gasteiger charge is -2.34. The van der Waals surface area contributed by atoms with E-state index < -0.39 is 0 Å². The largest absolute Gasteiger partial charge is 0.375 e. The molecule has 0 spiro atoms. The molecule has 1 nitrogen and oxygen atoms in total. The molecule has 2 heterocycles. The molecule has 2 aliphatic heterocycles. The first kappa shape index (κ1) is 9.79. The van der Waals surface area contributed by atoms with Crippen LogP contribution in [0.4, 0.5) is 0 Å². The Bertz CT molecular complexity index is 179. The van der Waals surface area contributed by atoms with Crippen LogP contribution < -0.4 is 0 Å². The highest BCUT2D eigenvalue weighted by Gasteiger charge is 2.40. The first-order valence-electron chi connectivity index (χ1n) is 5.48. The summed E-state index contributed by atoms with van der Waals surface area (Å²) in [5, 5.41) is 0.309. The van der Waals surface area contributed by atoms with Crippen LogP contribution in [0.1, 0.15) is 39.5 Å². The first-order valence-corrected chi connectivity index (χ1v) is 5.91. The molecular formula is C11H19ClO. The van der Waals surface area contributed by atoms with Crippen molar-refractivity contribution in [3.05, 3.63) is 0 Å².